The summed E-state index contributed by atoms with van der Waals surface area (Å²) < 4.78 is 35.9. The van der Waals surface area contributed by atoms with E-state index in [2.05, 4.69) is 0 Å². The lowest BCUT2D eigenvalue weighted by atomic mass is 9.79. The van der Waals surface area contributed by atoms with E-state index in [0.29, 0.717) is 4.90 Å². The highest BCUT2D eigenvalue weighted by Crippen LogP contribution is 2.33. The smallest absolute Gasteiger partial charge is 0.471 e. The van der Waals surface area contributed by atoms with E-state index >= 15 is 0 Å². The number of alkyl halides is 3. The number of nitrogens with zero attached hydrogens (tertiary/aromatic N) is 1. The quantitative estimate of drug-likeness (QED) is 0.758. The van der Waals surface area contributed by atoms with Crippen LogP contribution in [0.3, 0.4) is 0 Å². The number of rotatable bonds is 2. The summed E-state index contributed by atoms with van der Waals surface area (Å²) in [6, 6.07) is -0.611. The molecule has 0 atom stereocenters. The molecular weight excluding hydrogens is 215 g/mol. The third-order valence-electron chi connectivity index (χ3n) is 2.57. The van der Waals surface area contributed by atoms with Crippen LogP contribution in [0.25, 0.3) is 0 Å². The fourth-order valence-corrected chi connectivity index (χ4v) is 1.47. The normalized spacial score (nSPS) is 25.6. The van der Waals surface area contributed by atoms with Gasteiger partial charge in [-0.05, 0) is 12.8 Å². The number of hydrogen-bond donors (Lipinski definition) is 1. The second-order valence-corrected chi connectivity index (χ2v) is 3.57. The lowest BCUT2D eigenvalue weighted by molar-refractivity contribution is -0.189. The van der Waals surface area contributed by atoms with Crippen LogP contribution < -0.4 is 0 Å². The molecule has 0 aromatic heterocycles. The van der Waals surface area contributed by atoms with Gasteiger partial charge in [0.15, 0.2) is 0 Å². The highest BCUT2D eigenvalue weighted by atomic mass is 19.4. The molecule has 0 heterocycles. The zero-order valence-corrected chi connectivity index (χ0v) is 7.91. The fourth-order valence-electron chi connectivity index (χ4n) is 1.47. The van der Waals surface area contributed by atoms with Crippen LogP contribution in [0.1, 0.15) is 12.8 Å². The van der Waals surface area contributed by atoms with Crippen molar-refractivity contribution in [2.75, 3.05) is 7.05 Å². The van der Waals surface area contributed by atoms with Crippen molar-refractivity contribution in [2.24, 2.45) is 5.92 Å². The molecule has 0 unspecified atom stereocenters. The van der Waals surface area contributed by atoms with Gasteiger partial charge in [-0.25, -0.2) is 0 Å². The molecule has 1 saturated carbocycles. The summed E-state index contributed by atoms with van der Waals surface area (Å²) in [4.78, 5) is 21.7. The molecule has 0 aromatic carbocycles. The van der Waals surface area contributed by atoms with E-state index in [-0.39, 0.29) is 12.8 Å². The summed E-state index contributed by atoms with van der Waals surface area (Å²) in [6.07, 6.45) is -4.70. The molecule has 15 heavy (non-hydrogen) atoms. The molecular formula is C8H10F3NO3. The number of hydrogen-bond acceptors (Lipinski definition) is 2. The number of carboxylic acids is 1. The van der Waals surface area contributed by atoms with Gasteiger partial charge in [-0.3, -0.25) is 9.59 Å². The lowest BCUT2D eigenvalue weighted by Crippen LogP contribution is -2.51. The van der Waals surface area contributed by atoms with Crippen LogP contribution in [0.15, 0.2) is 0 Å². The topological polar surface area (TPSA) is 57.6 Å². The number of carboxylic acid groups (broad SMARTS) is 1. The molecule has 7 heteroatoms. The van der Waals surface area contributed by atoms with Crippen molar-refractivity contribution in [3.8, 4) is 0 Å². The van der Waals surface area contributed by atoms with Crippen LogP contribution in [0.2, 0.25) is 0 Å². The Balaban J connectivity index is 2.48. The van der Waals surface area contributed by atoms with Crippen LogP contribution >= 0.6 is 0 Å². The standard InChI is InChI=1S/C8H10F3NO3/c1-12(7(15)8(9,10)11)5-2-4(3-5)6(13)14/h4-5H,2-3H2,1H3,(H,13,14). The van der Waals surface area contributed by atoms with Crippen molar-refractivity contribution < 1.29 is 27.9 Å². The zero-order valence-electron chi connectivity index (χ0n) is 7.91. The van der Waals surface area contributed by atoms with Crippen LogP contribution in [-0.4, -0.2) is 41.1 Å². The molecule has 1 rings (SSSR count). The van der Waals surface area contributed by atoms with E-state index in [4.69, 9.17) is 5.11 Å². The molecule has 0 aromatic rings. The maximum atomic E-state index is 12.0. The fraction of sp³-hybridized carbons (Fsp3) is 0.750. The number of carbonyl (C=O) groups excluding carboxylic acids is 1. The summed E-state index contributed by atoms with van der Waals surface area (Å²) in [7, 11) is 1.04. The van der Waals surface area contributed by atoms with Crippen molar-refractivity contribution in [3.05, 3.63) is 0 Å². The second-order valence-electron chi connectivity index (χ2n) is 3.57. The Bertz CT molecular complexity index is 283. The van der Waals surface area contributed by atoms with Gasteiger partial charge in [0.1, 0.15) is 0 Å². The van der Waals surface area contributed by atoms with Gasteiger partial charge in [-0.1, -0.05) is 0 Å². The number of aliphatic carboxylic acids is 1. The minimum atomic E-state index is -4.89. The highest BCUT2D eigenvalue weighted by Gasteiger charge is 2.47. The zero-order chi connectivity index (χ0) is 11.8. The molecule has 1 fully saturated rings. The van der Waals surface area contributed by atoms with E-state index in [1.165, 1.54) is 0 Å². The maximum absolute atomic E-state index is 12.0. The molecule has 1 aliphatic carbocycles. The average molecular weight is 225 g/mol. The summed E-state index contributed by atoms with van der Waals surface area (Å²) in [5.74, 6) is -3.58. The number of amides is 1. The first-order chi connectivity index (χ1) is 6.73. The minimum Gasteiger partial charge on any atom is -0.481 e. The molecule has 86 valence electrons. The summed E-state index contributed by atoms with van der Waals surface area (Å²) in [6.45, 7) is 0. The van der Waals surface area contributed by atoms with Crippen molar-refractivity contribution in [1.82, 2.24) is 4.90 Å². The van der Waals surface area contributed by atoms with Crippen LogP contribution in [0.5, 0.6) is 0 Å². The molecule has 1 aliphatic rings. The Hall–Kier alpha value is -1.27. The Morgan fingerprint density at radius 1 is 1.33 bits per heavy atom. The molecule has 0 bridgehead atoms. The van der Waals surface area contributed by atoms with E-state index < -0.39 is 30.0 Å². The first kappa shape index (κ1) is 11.8. The molecule has 0 spiro atoms. The summed E-state index contributed by atoms with van der Waals surface area (Å²) >= 11 is 0. The maximum Gasteiger partial charge on any atom is 0.471 e. The molecule has 0 radical (unpaired) electrons. The van der Waals surface area contributed by atoms with Crippen molar-refractivity contribution in [3.63, 3.8) is 0 Å². The van der Waals surface area contributed by atoms with Gasteiger partial charge in [0.25, 0.3) is 0 Å². The Morgan fingerprint density at radius 2 is 1.80 bits per heavy atom. The number of carbonyl (C=O) groups is 2. The van der Waals surface area contributed by atoms with Crippen molar-refractivity contribution >= 4 is 11.9 Å². The van der Waals surface area contributed by atoms with Crippen molar-refractivity contribution in [1.29, 1.82) is 0 Å². The largest absolute Gasteiger partial charge is 0.481 e. The summed E-state index contributed by atoms with van der Waals surface area (Å²) in [5, 5.41) is 8.51. The average Bonchev–Trinajstić information content (AvgIpc) is 1.97. The van der Waals surface area contributed by atoms with Gasteiger partial charge in [0.2, 0.25) is 0 Å². The van der Waals surface area contributed by atoms with Crippen LogP contribution in [0, 0.1) is 5.92 Å². The van der Waals surface area contributed by atoms with Gasteiger partial charge < -0.3 is 10.0 Å². The van der Waals surface area contributed by atoms with E-state index in [0.717, 1.165) is 7.05 Å². The molecule has 0 saturated heterocycles. The van der Waals surface area contributed by atoms with Crippen molar-refractivity contribution in [2.45, 2.75) is 25.1 Å². The van der Waals surface area contributed by atoms with Crippen LogP contribution in [0.4, 0.5) is 13.2 Å². The predicted molar refractivity (Wildman–Crippen MR) is 43.0 cm³/mol. The first-order valence-corrected chi connectivity index (χ1v) is 4.30. The third kappa shape index (κ3) is 2.40. The minimum absolute atomic E-state index is 0.0909. The lowest BCUT2D eigenvalue weighted by Gasteiger charge is -2.39. The first-order valence-electron chi connectivity index (χ1n) is 4.30. The Kier molecular flexibility index (Phi) is 2.92. The van der Waals surface area contributed by atoms with E-state index in [9.17, 15) is 22.8 Å². The molecule has 1 N–H and O–H groups in total. The van der Waals surface area contributed by atoms with Gasteiger partial charge >= 0.3 is 18.1 Å². The Morgan fingerprint density at radius 3 is 2.13 bits per heavy atom. The molecule has 4 nitrogen and oxygen atoms in total. The second kappa shape index (κ2) is 3.71. The number of halogens is 3. The van der Waals surface area contributed by atoms with E-state index in [1.807, 2.05) is 0 Å². The van der Waals surface area contributed by atoms with Gasteiger partial charge in [0, 0.05) is 13.1 Å². The van der Waals surface area contributed by atoms with E-state index in [1.54, 1.807) is 0 Å². The Labute approximate surface area is 83.7 Å². The third-order valence-corrected chi connectivity index (χ3v) is 2.57. The van der Waals surface area contributed by atoms with Gasteiger partial charge in [0.05, 0.1) is 5.92 Å². The SMILES string of the molecule is CN(C(=O)C(F)(F)F)C1CC(C(=O)O)C1. The predicted octanol–water partition coefficient (Wildman–Crippen LogP) is 0.870. The molecule has 0 aliphatic heterocycles. The highest BCUT2D eigenvalue weighted by molar-refractivity contribution is 5.82. The van der Waals surface area contributed by atoms with Crippen LogP contribution in [-0.2, 0) is 9.59 Å². The monoisotopic (exact) mass is 225 g/mol. The molecule has 1 amide bonds. The summed E-state index contributed by atoms with van der Waals surface area (Å²) in [5.41, 5.74) is 0. The van der Waals surface area contributed by atoms with Gasteiger partial charge in [-0.2, -0.15) is 13.2 Å². The van der Waals surface area contributed by atoms with Gasteiger partial charge in [-0.15, -0.1) is 0 Å².